The van der Waals surface area contributed by atoms with Crippen LogP contribution in [0.15, 0.2) is 36.4 Å². The minimum atomic E-state index is -1.01. The molecule has 0 saturated carbocycles. The van der Waals surface area contributed by atoms with Gasteiger partial charge in [0.25, 0.3) is 5.91 Å². The van der Waals surface area contributed by atoms with Gasteiger partial charge in [-0.25, -0.2) is 9.78 Å². The van der Waals surface area contributed by atoms with Crippen molar-refractivity contribution in [1.82, 2.24) is 20.6 Å². The number of carboxylic acid groups (broad SMARTS) is 1. The van der Waals surface area contributed by atoms with Crippen LogP contribution in [-0.2, 0) is 4.79 Å². The lowest BCUT2D eigenvalue weighted by Crippen LogP contribution is -2.43. The number of piperidine rings is 1. The smallest absolute Gasteiger partial charge is 0.335 e. The molecule has 1 atom stereocenters. The summed E-state index contributed by atoms with van der Waals surface area (Å²) >= 11 is 0. The van der Waals surface area contributed by atoms with Gasteiger partial charge in [0.2, 0.25) is 5.91 Å². The normalized spacial score (nSPS) is 18.2. The molecule has 9 nitrogen and oxygen atoms in total. The molecule has 0 unspecified atom stereocenters. The molecule has 4 N–H and O–H groups in total. The predicted molar refractivity (Wildman–Crippen MR) is 128 cm³/mol. The van der Waals surface area contributed by atoms with Crippen molar-refractivity contribution in [3.05, 3.63) is 47.5 Å². The maximum absolute atomic E-state index is 13.3. The van der Waals surface area contributed by atoms with Crippen LogP contribution >= 0.6 is 0 Å². The molecule has 2 amide bonds. The number of carboxylic acids is 1. The summed E-state index contributed by atoms with van der Waals surface area (Å²) in [7, 11) is 0. The number of fused-ring (bicyclic) bond motifs is 1. The molecule has 0 radical (unpaired) electrons. The number of hydrogen-bond donors (Lipinski definition) is 4. The lowest BCUT2D eigenvalue weighted by Gasteiger charge is -2.30. The van der Waals surface area contributed by atoms with Gasteiger partial charge in [-0.3, -0.25) is 14.9 Å². The van der Waals surface area contributed by atoms with Gasteiger partial charge in [0.15, 0.2) is 0 Å². The Bertz CT molecular complexity index is 1260. The number of nitrogens with zero attached hydrogens (tertiary/aromatic N) is 2. The first-order valence-electron chi connectivity index (χ1n) is 11.7. The largest absolute Gasteiger partial charge is 0.478 e. The third-order valence-electron chi connectivity index (χ3n) is 6.55. The summed E-state index contributed by atoms with van der Waals surface area (Å²) in [6, 6.07) is 9.92. The van der Waals surface area contributed by atoms with Crippen molar-refractivity contribution < 1.29 is 19.5 Å². The highest BCUT2D eigenvalue weighted by Crippen LogP contribution is 2.30. The Morgan fingerprint density at radius 2 is 1.85 bits per heavy atom. The van der Waals surface area contributed by atoms with E-state index in [1.165, 1.54) is 18.6 Å². The van der Waals surface area contributed by atoms with Gasteiger partial charge >= 0.3 is 5.97 Å². The van der Waals surface area contributed by atoms with Gasteiger partial charge in [-0.05, 0) is 75.0 Å². The van der Waals surface area contributed by atoms with Crippen molar-refractivity contribution >= 4 is 34.5 Å². The van der Waals surface area contributed by atoms with Gasteiger partial charge in [-0.2, -0.15) is 0 Å². The third kappa shape index (κ3) is 4.38. The molecule has 2 fully saturated rings. The van der Waals surface area contributed by atoms with Crippen LogP contribution in [0.25, 0.3) is 22.4 Å². The van der Waals surface area contributed by atoms with E-state index in [1.807, 2.05) is 12.1 Å². The van der Waals surface area contributed by atoms with E-state index in [9.17, 15) is 19.5 Å². The number of imide groups is 1. The van der Waals surface area contributed by atoms with Crippen LogP contribution in [0.4, 0.5) is 5.69 Å². The van der Waals surface area contributed by atoms with Crippen molar-refractivity contribution in [3.8, 4) is 11.4 Å². The Morgan fingerprint density at radius 1 is 1.03 bits per heavy atom. The molecule has 3 aromatic rings. The Labute approximate surface area is 196 Å². The summed E-state index contributed by atoms with van der Waals surface area (Å²) in [5.74, 6) is -1.21. The number of carbonyl (C=O) groups excluding carboxylic acids is 2. The number of H-pyrrole nitrogens is 1. The monoisotopic (exact) mass is 461 g/mol. The van der Waals surface area contributed by atoms with Crippen molar-refractivity contribution in [2.24, 2.45) is 0 Å². The summed E-state index contributed by atoms with van der Waals surface area (Å²) in [5, 5.41) is 15.0. The highest BCUT2D eigenvalue weighted by atomic mass is 16.4. The number of benzene rings is 2. The first kappa shape index (κ1) is 22.1. The molecule has 5 rings (SSSR count). The van der Waals surface area contributed by atoms with E-state index >= 15 is 0 Å². The maximum atomic E-state index is 13.3. The second-order valence-corrected chi connectivity index (χ2v) is 8.87. The summed E-state index contributed by atoms with van der Waals surface area (Å²) in [4.78, 5) is 47.1. The highest BCUT2D eigenvalue weighted by molar-refractivity contribution is 6.09. The lowest BCUT2D eigenvalue weighted by molar-refractivity contribution is -0.121. The molecule has 1 aromatic heterocycles. The van der Waals surface area contributed by atoms with Crippen molar-refractivity contribution in [2.45, 2.75) is 38.1 Å². The first-order chi connectivity index (χ1) is 16.5. The van der Waals surface area contributed by atoms with E-state index < -0.39 is 11.9 Å². The summed E-state index contributed by atoms with van der Waals surface area (Å²) in [5.41, 5.74) is 3.32. The lowest BCUT2D eigenvalue weighted by atomic mass is 10.0. The van der Waals surface area contributed by atoms with Crippen LogP contribution in [-0.4, -0.2) is 58.5 Å². The number of nitrogens with one attached hydrogen (secondary N) is 3. The van der Waals surface area contributed by atoms with Gasteiger partial charge in [0, 0.05) is 24.3 Å². The molecular formula is C25H27N5O4. The van der Waals surface area contributed by atoms with E-state index in [-0.39, 0.29) is 17.5 Å². The molecule has 0 aliphatic carbocycles. The zero-order valence-electron chi connectivity index (χ0n) is 18.8. The third-order valence-corrected chi connectivity index (χ3v) is 6.55. The SMILES string of the molecule is O=C(O)c1ccc2nc(-c3ccc(N4CCCCC4)c(C(=O)NC(=O)[C@@H]4CCCN4)c3)[nH]c2c1. The molecule has 0 bridgehead atoms. The summed E-state index contributed by atoms with van der Waals surface area (Å²) < 4.78 is 0. The molecular weight excluding hydrogens is 434 g/mol. The molecule has 2 saturated heterocycles. The molecule has 2 aromatic carbocycles. The summed E-state index contributed by atoms with van der Waals surface area (Å²) in [6.45, 7) is 2.50. The number of anilines is 1. The Kier molecular flexibility index (Phi) is 6.02. The van der Waals surface area contributed by atoms with Gasteiger partial charge < -0.3 is 20.3 Å². The summed E-state index contributed by atoms with van der Waals surface area (Å²) in [6.07, 6.45) is 4.91. The molecule has 3 heterocycles. The van der Waals surface area contributed by atoms with E-state index in [0.29, 0.717) is 28.0 Å². The molecule has 2 aliphatic heterocycles. The zero-order valence-corrected chi connectivity index (χ0v) is 18.8. The van der Waals surface area contributed by atoms with Gasteiger partial charge in [0.05, 0.1) is 28.2 Å². The Hall–Kier alpha value is -3.72. The standard InChI is InChI=1S/C25H27N5O4/c31-23(29-24(32)19-5-4-10-26-19)17-13-15(7-9-21(17)30-11-2-1-3-12-30)22-27-18-8-6-16(25(33)34)14-20(18)28-22/h6-9,13-14,19,26H,1-5,10-12H2,(H,27,28)(H,33,34)(H,29,31,32)/t19-/m0/s1. The number of imidazole rings is 1. The van der Waals surface area contributed by atoms with Crippen LogP contribution in [0.3, 0.4) is 0 Å². The van der Waals surface area contributed by atoms with Crippen molar-refractivity contribution in [1.29, 1.82) is 0 Å². The predicted octanol–water partition coefficient (Wildman–Crippen LogP) is 2.93. The molecule has 34 heavy (non-hydrogen) atoms. The number of amides is 2. The van der Waals surface area contributed by atoms with Gasteiger partial charge in [-0.1, -0.05) is 0 Å². The number of aromatic amines is 1. The quantitative estimate of drug-likeness (QED) is 0.430. The van der Waals surface area contributed by atoms with E-state index in [0.717, 1.165) is 51.0 Å². The topological polar surface area (TPSA) is 127 Å². The first-order valence-corrected chi connectivity index (χ1v) is 11.7. The van der Waals surface area contributed by atoms with Crippen LogP contribution in [0.1, 0.15) is 52.8 Å². The van der Waals surface area contributed by atoms with Crippen molar-refractivity contribution in [2.75, 3.05) is 24.5 Å². The fourth-order valence-electron chi connectivity index (χ4n) is 4.73. The maximum Gasteiger partial charge on any atom is 0.335 e. The van der Waals surface area contributed by atoms with Gasteiger partial charge in [0.1, 0.15) is 5.82 Å². The average Bonchev–Trinajstić information content (AvgIpc) is 3.54. The number of carbonyl (C=O) groups is 3. The Morgan fingerprint density at radius 3 is 2.59 bits per heavy atom. The number of aromatic nitrogens is 2. The average molecular weight is 462 g/mol. The van der Waals surface area contributed by atoms with Crippen LogP contribution in [0, 0.1) is 0 Å². The minimum absolute atomic E-state index is 0.169. The van der Waals surface area contributed by atoms with E-state index in [4.69, 9.17) is 0 Å². The van der Waals surface area contributed by atoms with E-state index in [2.05, 4.69) is 25.5 Å². The molecule has 9 heteroatoms. The Balaban J connectivity index is 1.50. The fourth-order valence-corrected chi connectivity index (χ4v) is 4.73. The highest BCUT2D eigenvalue weighted by Gasteiger charge is 2.26. The molecule has 2 aliphatic rings. The minimum Gasteiger partial charge on any atom is -0.478 e. The molecule has 176 valence electrons. The second kappa shape index (κ2) is 9.26. The number of hydrogen-bond acceptors (Lipinski definition) is 6. The fraction of sp³-hybridized carbons (Fsp3) is 0.360. The number of rotatable bonds is 5. The van der Waals surface area contributed by atoms with Crippen LogP contribution < -0.4 is 15.5 Å². The molecule has 0 spiro atoms. The second-order valence-electron chi connectivity index (χ2n) is 8.87. The van der Waals surface area contributed by atoms with Crippen LogP contribution in [0.2, 0.25) is 0 Å². The zero-order chi connectivity index (χ0) is 23.7. The van der Waals surface area contributed by atoms with E-state index in [1.54, 1.807) is 12.1 Å². The number of aromatic carboxylic acids is 1. The van der Waals surface area contributed by atoms with Crippen LogP contribution in [0.5, 0.6) is 0 Å². The van der Waals surface area contributed by atoms with Gasteiger partial charge in [-0.15, -0.1) is 0 Å². The van der Waals surface area contributed by atoms with Crippen molar-refractivity contribution in [3.63, 3.8) is 0 Å².